The molecular weight excluding hydrogens is 441 g/mol. The van der Waals surface area contributed by atoms with Crippen molar-refractivity contribution in [1.29, 1.82) is 0 Å². The molecule has 0 aliphatic carbocycles. The predicted molar refractivity (Wildman–Crippen MR) is 126 cm³/mol. The fraction of sp³-hybridized carbons (Fsp3) is 0.192. The molecule has 0 radical (unpaired) electrons. The summed E-state index contributed by atoms with van der Waals surface area (Å²) in [6.45, 7) is 2.13. The number of allylic oxidation sites excluding steroid dienone is 1. The topological polar surface area (TPSA) is 63.7 Å². The number of rotatable bonds is 7. The molecule has 0 N–H and O–H groups in total. The largest absolute Gasteiger partial charge is 0.497 e. The van der Waals surface area contributed by atoms with Crippen molar-refractivity contribution in [2.24, 2.45) is 0 Å². The summed E-state index contributed by atoms with van der Waals surface area (Å²) < 4.78 is 45.9. The van der Waals surface area contributed by atoms with Gasteiger partial charge in [-0.3, -0.25) is 4.79 Å². The van der Waals surface area contributed by atoms with Crippen molar-refractivity contribution in [1.82, 2.24) is 0 Å². The van der Waals surface area contributed by atoms with Crippen LogP contribution in [0.5, 0.6) is 5.75 Å². The van der Waals surface area contributed by atoms with Gasteiger partial charge in [-0.05, 0) is 73.0 Å². The zero-order valence-corrected chi connectivity index (χ0v) is 19.2. The van der Waals surface area contributed by atoms with Gasteiger partial charge in [0.2, 0.25) is 15.6 Å². The zero-order valence-electron chi connectivity index (χ0n) is 18.4. The average molecular weight is 466 g/mol. The molecule has 0 aromatic heterocycles. The molecule has 0 unspecified atom stereocenters. The van der Waals surface area contributed by atoms with Crippen LogP contribution in [-0.2, 0) is 16.3 Å². The van der Waals surface area contributed by atoms with E-state index in [1.807, 2.05) is 24.3 Å². The highest BCUT2D eigenvalue weighted by Gasteiger charge is 2.36. The number of unbranched alkanes of at least 4 members (excludes halogenated alkanes) is 1. The SMILES string of the molecule is CCCCc1ccc(N2C=C(C(=O)c3ccc(OC)cc3)S(=O)(=O)c3ccc(F)cc32)cc1. The van der Waals surface area contributed by atoms with Gasteiger partial charge in [-0.2, -0.15) is 0 Å². The number of hydrogen-bond donors (Lipinski definition) is 0. The van der Waals surface area contributed by atoms with Crippen molar-refractivity contribution in [2.45, 2.75) is 31.1 Å². The number of fused-ring (bicyclic) bond motifs is 1. The molecule has 33 heavy (non-hydrogen) atoms. The first-order chi connectivity index (χ1) is 15.8. The Bertz CT molecular complexity index is 1310. The van der Waals surface area contributed by atoms with Gasteiger partial charge in [-0.15, -0.1) is 0 Å². The molecule has 0 saturated carbocycles. The summed E-state index contributed by atoms with van der Waals surface area (Å²) in [6, 6.07) is 17.3. The number of benzene rings is 3. The highest BCUT2D eigenvalue weighted by molar-refractivity contribution is 7.96. The van der Waals surface area contributed by atoms with Gasteiger partial charge in [0.25, 0.3) is 0 Å². The molecule has 1 aliphatic heterocycles. The molecule has 0 spiro atoms. The van der Waals surface area contributed by atoms with Crippen LogP contribution in [0.15, 0.2) is 82.7 Å². The minimum Gasteiger partial charge on any atom is -0.497 e. The van der Waals surface area contributed by atoms with Crippen molar-refractivity contribution >= 4 is 27.0 Å². The van der Waals surface area contributed by atoms with Gasteiger partial charge in [0.15, 0.2) is 0 Å². The number of nitrogens with zero attached hydrogens (tertiary/aromatic N) is 1. The van der Waals surface area contributed by atoms with E-state index >= 15 is 0 Å². The van der Waals surface area contributed by atoms with E-state index in [-0.39, 0.29) is 21.1 Å². The Kier molecular flexibility index (Phi) is 6.33. The number of anilines is 2. The lowest BCUT2D eigenvalue weighted by molar-refractivity contribution is 0.104. The second kappa shape index (κ2) is 9.19. The van der Waals surface area contributed by atoms with Gasteiger partial charge < -0.3 is 9.64 Å². The maximum Gasteiger partial charge on any atom is 0.214 e. The number of carbonyl (C=O) groups excluding carboxylic acids is 1. The Balaban J connectivity index is 1.81. The van der Waals surface area contributed by atoms with Gasteiger partial charge in [-0.1, -0.05) is 25.5 Å². The van der Waals surface area contributed by atoms with E-state index in [1.54, 1.807) is 17.0 Å². The third-order valence-electron chi connectivity index (χ3n) is 5.62. The fourth-order valence-corrected chi connectivity index (χ4v) is 5.29. The summed E-state index contributed by atoms with van der Waals surface area (Å²) in [5, 5.41) is 0. The van der Waals surface area contributed by atoms with Gasteiger partial charge in [0.05, 0.1) is 17.7 Å². The Hall–Kier alpha value is -3.45. The van der Waals surface area contributed by atoms with Crippen LogP contribution in [0.25, 0.3) is 0 Å². The number of halogens is 1. The quantitative estimate of drug-likeness (QED) is 0.325. The first-order valence-electron chi connectivity index (χ1n) is 10.7. The van der Waals surface area contributed by atoms with Crippen molar-refractivity contribution in [2.75, 3.05) is 12.0 Å². The third-order valence-corrected chi connectivity index (χ3v) is 7.41. The lowest BCUT2D eigenvalue weighted by atomic mass is 10.1. The van der Waals surface area contributed by atoms with Crippen LogP contribution >= 0.6 is 0 Å². The number of ether oxygens (including phenoxy) is 1. The lowest BCUT2D eigenvalue weighted by Crippen LogP contribution is -2.26. The molecule has 7 heteroatoms. The highest BCUT2D eigenvalue weighted by Crippen LogP contribution is 2.41. The van der Waals surface area contributed by atoms with Crippen LogP contribution < -0.4 is 9.64 Å². The summed E-state index contributed by atoms with van der Waals surface area (Å²) in [7, 11) is -2.65. The maximum absolute atomic E-state index is 14.1. The first-order valence-corrected chi connectivity index (χ1v) is 12.2. The number of sulfone groups is 1. The van der Waals surface area contributed by atoms with Crippen LogP contribution in [0, 0.1) is 5.82 Å². The molecule has 5 nitrogen and oxygen atoms in total. The number of aryl methyl sites for hydroxylation is 1. The van der Waals surface area contributed by atoms with Crippen LogP contribution in [-0.4, -0.2) is 21.3 Å². The number of Topliss-reactive ketones (excluding diaryl/α,β-unsaturated/α-hetero) is 1. The molecule has 0 atom stereocenters. The molecule has 0 amide bonds. The molecule has 1 aliphatic rings. The summed E-state index contributed by atoms with van der Waals surface area (Å²) in [5.41, 5.74) is 2.17. The highest BCUT2D eigenvalue weighted by atomic mass is 32.2. The third kappa shape index (κ3) is 4.41. The van der Waals surface area contributed by atoms with Crippen LogP contribution in [0.4, 0.5) is 15.8 Å². The minimum absolute atomic E-state index is 0.113. The maximum atomic E-state index is 14.1. The van der Waals surface area contributed by atoms with E-state index in [2.05, 4.69) is 6.92 Å². The van der Waals surface area contributed by atoms with E-state index in [0.717, 1.165) is 30.9 Å². The van der Waals surface area contributed by atoms with Gasteiger partial charge in [-0.25, -0.2) is 12.8 Å². The second-order valence-corrected chi connectivity index (χ2v) is 9.69. The summed E-state index contributed by atoms with van der Waals surface area (Å²) in [5.74, 6) is -0.651. The standard InChI is InChI=1S/C26H24FNO4S/c1-3-4-5-18-6-11-21(12-7-18)28-17-25(26(29)19-8-13-22(32-2)14-9-19)33(30,31)24-15-10-20(27)16-23(24)28/h6-17H,3-5H2,1-2H3. The smallest absolute Gasteiger partial charge is 0.214 e. The number of hydrogen-bond acceptors (Lipinski definition) is 5. The molecule has 0 bridgehead atoms. The van der Waals surface area contributed by atoms with E-state index in [1.165, 1.54) is 37.6 Å². The monoisotopic (exact) mass is 465 g/mol. The molecular formula is C26H24FNO4S. The minimum atomic E-state index is -4.15. The summed E-state index contributed by atoms with van der Waals surface area (Å²) >= 11 is 0. The van der Waals surface area contributed by atoms with Crippen molar-refractivity contribution in [3.63, 3.8) is 0 Å². The van der Waals surface area contributed by atoms with Crippen LogP contribution in [0.1, 0.15) is 35.7 Å². The predicted octanol–water partition coefficient (Wildman–Crippen LogP) is 5.83. The number of methoxy groups -OCH3 is 1. The Morgan fingerprint density at radius 1 is 1.00 bits per heavy atom. The van der Waals surface area contributed by atoms with E-state index in [0.29, 0.717) is 11.4 Å². The molecule has 1 heterocycles. The van der Waals surface area contributed by atoms with Crippen molar-refractivity contribution in [3.05, 3.63) is 94.8 Å². The van der Waals surface area contributed by atoms with Crippen LogP contribution in [0.3, 0.4) is 0 Å². The first kappa shape index (κ1) is 22.7. The summed E-state index contributed by atoms with van der Waals surface area (Å²) in [4.78, 5) is 14.3. The normalized spacial score (nSPS) is 14.4. The Morgan fingerprint density at radius 2 is 1.70 bits per heavy atom. The van der Waals surface area contributed by atoms with E-state index in [9.17, 15) is 17.6 Å². The Morgan fingerprint density at radius 3 is 2.33 bits per heavy atom. The number of carbonyl (C=O) groups is 1. The molecule has 170 valence electrons. The fourth-order valence-electron chi connectivity index (χ4n) is 3.76. The van der Waals surface area contributed by atoms with E-state index < -0.39 is 21.4 Å². The van der Waals surface area contributed by atoms with Crippen LogP contribution in [0.2, 0.25) is 0 Å². The molecule has 0 saturated heterocycles. The van der Waals surface area contributed by atoms with Gasteiger partial charge in [0, 0.05) is 17.5 Å². The average Bonchev–Trinajstić information content (AvgIpc) is 2.83. The molecule has 0 fully saturated rings. The second-order valence-electron chi connectivity index (χ2n) is 7.81. The van der Waals surface area contributed by atoms with Gasteiger partial charge >= 0.3 is 0 Å². The van der Waals surface area contributed by atoms with E-state index in [4.69, 9.17) is 4.74 Å². The summed E-state index contributed by atoms with van der Waals surface area (Å²) in [6.07, 6.45) is 4.37. The Labute approximate surface area is 193 Å². The van der Waals surface area contributed by atoms with Crippen molar-refractivity contribution < 1.29 is 22.3 Å². The molecule has 4 rings (SSSR count). The molecule has 3 aromatic carbocycles. The van der Waals surface area contributed by atoms with Crippen molar-refractivity contribution in [3.8, 4) is 5.75 Å². The van der Waals surface area contributed by atoms with Gasteiger partial charge in [0.1, 0.15) is 16.5 Å². The molecule has 3 aromatic rings. The zero-order chi connectivity index (χ0) is 23.6. The lowest BCUT2D eigenvalue weighted by Gasteiger charge is -2.29. The number of ketones is 1.